The van der Waals surface area contributed by atoms with Crippen LogP contribution in [0.1, 0.15) is 10.5 Å². The van der Waals surface area contributed by atoms with Gasteiger partial charge in [0.2, 0.25) is 0 Å². The lowest BCUT2D eigenvalue weighted by Gasteiger charge is -1.97. The van der Waals surface area contributed by atoms with Crippen molar-refractivity contribution in [1.29, 1.82) is 0 Å². The number of nitrogens with zero attached hydrogens (tertiary/aromatic N) is 3. The molecular formula is C6H10N4OS. The van der Waals surface area contributed by atoms with Crippen LogP contribution < -0.4 is 5.32 Å². The van der Waals surface area contributed by atoms with Crippen molar-refractivity contribution in [3.05, 3.63) is 5.69 Å². The number of hydrogen-bond acceptors (Lipinski definition) is 4. The van der Waals surface area contributed by atoms with E-state index in [0.29, 0.717) is 5.69 Å². The number of nitrogens with one attached hydrogen (secondary N) is 1. The van der Waals surface area contributed by atoms with Gasteiger partial charge < -0.3 is 5.32 Å². The monoisotopic (exact) mass is 186 g/mol. The first kappa shape index (κ1) is 9.05. The molecular weight excluding hydrogens is 176 g/mol. The van der Waals surface area contributed by atoms with Gasteiger partial charge >= 0.3 is 0 Å². The highest BCUT2D eigenvalue weighted by Gasteiger charge is 2.15. The zero-order valence-corrected chi connectivity index (χ0v) is 7.97. The van der Waals surface area contributed by atoms with Crippen LogP contribution in [0.3, 0.4) is 0 Å². The molecule has 0 unspecified atom stereocenters. The Morgan fingerprint density at radius 1 is 1.67 bits per heavy atom. The van der Waals surface area contributed by atoms with Crippen LogP contribution in [-0.2, 0) is 7.05 Å². The average Bonchev–Trinajstić information content (AvgIpc) is 2.45. The molecule has 0 atom stereocenters. The number of carbonyl (C=O) groups excluding carboxylic acids is 1. The van der Waals surface area contributed by atoms with E-state index < -0.39 is 0 Å². The molecule has 0 aliphatic heterocycles. The number of amides is 1. The fourth-order valence-corrected chi connectivity index (χ4v) is 1.47. The van der Waals surface area contributed by atoms with E-state index in [0.717, 1.165) is 5.03 Å². The van der Waals surface area contributed by atoms with Crippen molar-refractivity contribution in [1.82, 2.24) is 20.3 Å². The molecule has 5 nitrogen and oxygen atoms in total. The number of aromatic nitrogens is 3. The zero-order chi connectivity index (χ0) is 9.14. The predicted molar refractivity (Wildman–Crippen MR) is 46.2 cm³/mol. The van der Waals surface area contributed by atoms with Gasteiger partial charge in [-0.3, -0.25) is 4.79 Å². The molecule has 0 aliphatic rings. The van der Waals surface area contributed by atoms with E-state index in [2.05, 4.69) is 15.6 Å². The number of rotatable bonds is 2. The van der Waals surface area contributed by atoms with Crippen LogP contribution in [0.2, 0.25) is 0 Å². The van der Waals surface area contributed by atoms with Crippen LogP contribution >= 0.6 is 11.8 Å². The molecule has 1 amide bonds. The highest BCUT2D eigenvalue weighted by molar-refractivity contribution is 7.98. The molecule has 1 aromatic rings. The Labute approximate surface area is 74.5 Å². The van der Waals surface area contributed by atoms with Gasteiger partial charge in [0.05, 0.1) is 0 Å². The largest absolute Gasteiger partial charge is 0.354 e. The first-order chi connectivity index (χ1) is 5.70. The Morgan fingerprint density at radius 3 is 2.83 bits per heavy atom. The first-order valence-electron chi connectivity index (χ1n) is 3.36. The molecule has 0 spiro atoms. The SMILES string of the molecule is CNC(=O)c1nnn(C)c1SC. The van der Waals surface area contributed by atoms with Crippen LogP contribution in [0.4, 0.5) is 0 Å². The van der Waals surface area contributed by atoms with Crippen LogP contribution in [0.15, 0.2) is 5.03 Å². The Hall–Kier alpha value is -1.04. The molecule has 66 valence electrons. The van der Waals surface area contributed by atoms with Crippen molar-refractivity contribution in [3.63, 3.8) is 0 Å². The number of thioether (sulfide) groups is 1. The maximum atomic E-state index is 11.2. The van der Waals surface area contributed by atoms with Crippen molar-refractivity contribution in [2.24, 2.45) is 7.05 Å². The van der Waals surface area contributed by atoms with E-state index in [1.807, 2.05) is 6.26 Å². The Balaban J connectivity index is 3.07. The summed E-state index contributed by atoms with van der Waals surface area (Å²) in [5, 5.41) is 10.8. The van der Waals surface area contributed by atoms with Gasteiger partial charge in [0.15, 0.2) is 5.69 Å². The van der Waals surface area contributed by atoms with Crippen LogP contribution in [-0.4, -0.2) is 34.2 Å². The summed E-state index contributed by atoms with van der Waals surface area (Å²) >= 11 is 1.45. The Bertz CT molecular complexity index is 296. The van der Waals surface area contributed by atoms with E-state index in [-0.39, 0.29) is 5.91 Å². The molecule has 6 heteroatoms. The van der Waals surface area contributed by atoms with Crippen molar-refractivity contribution in [2.75, 3.05) is 13.3 Å². The minimum Gasteiger partial charge on any atom is -0.354 e. The molecule has 1 aromatic heterocycles. The summed E-state index contributed by atoms with van der Waals surface area (Å²) in [7, 11) is 3.33. The normalized spacial score (nSPS) is 9.92. The predicted octanol–water partition coefficient (Wildman–Crippen LogP) is -0.103. The summed E-state index contributed by atoms with van der Waals surface area (Å²) in [5.74, 6) is -0.201. The quantitative estimate of drug-likeness (QED) is 0.655. The smallest absolute Gasteiger partial charge is 0.274 e. The van der Waals surface area contributed by atoms with E-state index in [1.54, 1.807) is 18.8 Å². The van der Waals surface area contributed by atoms with Gasteiger partial charge in [-0.05, 0) is 6.26 Å². The number of hydrogen-bond donors (Lipinski definition) is 1. The van der Waals surface area contributed by atoms with Gasteiger partial charge in [-0.25, -0.2) is 4.68 Å². The van der Waals surface area contributed by atoms with Gasteiger partial charge in [-0.2, -0.15) is 0 Å². The van der Waals surface area contributed by atoms with Gasteiger partial charge in [0.25, 0.3) is 5.91 Å². The van der Waals surface area contributed by atoms with Crippen molar-refractivity contribution < 1.29 is 4.79 Å². The standard InChI is InChI=1S/C6H10N4OS/c1-7-5(11)4-6(12-3)10(2)9-8-4/h1-3H3,(H,7,11). The third-order valence-corrected chi connectivity index (χ3v) is 2.26. The fourth-order valence-electron chi connectivity index (χ4n) is 0.838. The zero-order valence-electron chi connectivity index (χ0n) is 7.16. The average molecular weight is 186 g/mol. The molecule has 0 bridgehead atoms. The fraction of sp³-hybridized carbons (Fsp3) is 0.500. The second-order valence-corrected chi connectivity index (χ2v) is 2.95. The molecule has 0 radical (unpaired) electrons. The second kappa shape index (κ2) is 3.57. The van der Waals surface area contributed by atoms with Gasteiger partial charge in [-0.15, -0.1) is 16.9 Å². The summed E-state index contributed by atoms with van der Waals surface area (Å²) in [5.41, 5.74) is 0.382. The van der Waals surface area contributed by atoms with E-state index in [1.165, 1.54) is 11.8 Å². The Kier molecular flexibility index (Phi) is 2.69. The highest BCUT2D eigenvalue weighted by atomic mass is 32.2. The van der Waals surface area contributed by atoms with Gasteiger partial charge in [0, 0.05) is 14.1 Å². The molecule has 0 aliphatic carbocycles. The number of aryl methyl sites for hydroxylation is 1. The summed E-state index contributed by atoms with van der Waals surface area (Å²) in [6.45, 7) is 0. The highest BCUT2D eigenvalue weighted by Crippen LogP contribution is 2.16. The molecule has 1 rings (SSSR count). The van der Waals surface area contributed by atoms with Gasteiger partial charge in [0.1, 0.15) is 5.03 Å². The molecule has 0 fully saturated rings. The lowest BCUT2D eigenvalue weighted by Crippen LogP contribution is -2.19. The number of carbonyl (C=O) groups is 1. The van der Waals surface area contributed by atoms with Crippen molar-refractivity contribution >= 4 is 17.7 Å². The summed E-state index contributed by atoms with van der Waals surface area (Å²) < 4.78 is 1.58. The Morgan fingerprint density at radius 2 is 2.33 bits per heavy atom. The maximum Gasteiger partial charge on any atom is 0.274 e. The molecule has 0 aromatic carbocycles. The van der Waals surface area contributed by atoms with E-state index >= 15 is 0 Å². The van der Waals surface area contributed by atoms with E-state index in [4.69, 9.17) is 0 Å². The van der Waals surface area contributed by atoms with Crippen molar-refractivity contribution in [3.8, 4) is 0 Å². The van der Waals surface area contributed by atoms with Gasteiger partial charge in [-0.1, -0.05) is 5.21 Å². The summed E-state index contributed by atoms with van der Waals surface area (Å²) in [6.07, 6.45) is 1.88. The third-order valence-electron chi connectivity index (χ3n) is 1.41. The van der Waals surface area contributed by atoms with Crippen LogP contribution in [0, 0.1) is 0 Å². The van der Waals surface area contributed by atoms with E-state index in [9.17, 15) is 4.79 Å². The summed E-state index contributed by atoms with van der Waals surface area (Å²) in [4.78, 5) is 11.2. The molecule has 0 saturated carbocycles. The molecule has 12 heavy (non-hydrogen) atoms. The molecule has 0 saturated heterocycles. The van der Waals surface area contributed by atoms with Crippen LogP contribution in [0.5, 0.6) is 0 Å². The lowest BCUT2D eigenvalue weighted by atomic mass is 10.4. The topological polar surface area (TPSA) is 59.8 Å². The molecule has 1 N–H and O–H groups in total. The minimum absolute atomic E-state index is 0.201. The minimum atomic E-state index is -0.201. The summed E-state index contributed by atoms with van der Waals surface area (Å²) in [6, 6.07) is 0. The lowest BCUT2D eigenvalue weighted by molar-refractivity contribution is 0.0955. The molecule has 1 heterocycles. The first-order valence-corrected chi connectivity index (χ1v) is 4.59. The maximum absolute atomic E-state index is 11.2. The third kappa shape index (κ3) is 1.42. The van der Waals surface area contributed by atoms with Crippen LogP contribution in [0.25, 0.3) is 0 Å². The van der Waals surface area contributed by atoms with Crippen molar-refractivity contribution in [2.45, 2.75) is 5.03 Å². The second-order valence-electron chi connectivity index (χ2n) is 2.15.